The van der Waals surface area contributed by atoms with Crippen molar-refractivity contribution in [2.24, 2.45) is 0 Å². The lowest BCUT2D eigenvalue weighted by Gasteiger charge is -2.17. The molecule has 0 spiro atoms. The minimum absolute atomic E-state index is 0.241. The van der Waals surface area contributed by atoms with Crippen LogP contribution in [0.5, 0.6) is 0 Å². The fourth-order valence-corrected chi connectivity index (χ4v) is 4.42. The molecule has 1 atom stereocenters. The van der Waals surface area contributed by atoms with Gasteiger partial charge in [-0.2, -0.15) is 5.10 Å². The summed E-state index contributed by atoms with van der Waals surface area (Å²) in [7, 11) is -3.60. The van der Waals surface area contributed by atoms with E-state index < -0.39 is 10.0 Å². The van der Waals surface area contributed by atoms with Gasteiger partial charge in [-0.3, -0.25) is 4.68 Å². The third-order valence-corrected chi connectivity index (χ3v) is 5.51. The maximum absolute atomic E-state index is 12.8. The average molecular weight is 321 g/mol. The Morgan fingerprint density at radius 2 is 1.82 bits per heavy atom. The van der Waals surface area contributed by atoms with Crippen LogP contribution < -0.4 is 4.72 Å². The molecule has 0 amide bonds. The fourth-order valence-electron chi connectivity index (χ4n) is 2.70. The highest BCUT2D eigenvalue weighted by Gasteiger charge is 2.27. The molecule has 22 heavy (non-hydrogen) atoms. The number of nitrogens with zero attached hydrogens (tertiary/aromatic N) is 2. The molecule has 0 aliphatic heterocycles. The van der Waals surface area contributed by atoms with Crippen molar-refractivity contribution in [1.29, 1.82) is 0 Å². The summed E-state index contributed by atoms with van der Waals surface area (Å²) >= 11 is 0. The molecule has 0 fully saturated rings. The van der Waals surface area contributed by atoms with E-state index in [0.29, 0.717) is 29.2 Å². The lowest BCUT2D eigenvalue weighted by molar-refractivity contribution is 0.548. The number of aryl methyl sites for hydroxylation is 2. The standard InChI is InChI=1S/C16H23N3O2S/c1-5-15(14-10-8-7-9-11-14)18-22(20,21)16-12(3)17-19(6-2)13(16)4/h7-11,15,18H,5-6H2,1-4H3. The van der Waals surface area contributed by atoms with Gasteiger partial charge in [-0.05, 0) is 32.8 Å². The van der Waals surface area contributed by atoms with E-state index in [9.17, 15) is 8.42 Å². The first-order valence-electron chi connectivity index (χ1n) is 7.52. The summed E-state index contributed by atoms with van der Waals surface area (Å²) in [6, 6.07) is 9.38. The smallest absolute Gasteiger partial charge is 0.244 e. The van der Waals surface area contributed by atoms with Crippen molar-refractivity contribution in [1.82, 2.24) is 14.5 Å². The predicted molar refractivity (Wildman–Crippen MR) is 87.2 cm³/mol. The molecule has 1 unspecified atom stereocenters. The van der Waals surface area contributed by atoms with Gasteiger partial charge in [0, 0.05) is 12.6 Å². The highest BCUT2D eigenvalue weighted by molar-refractivity contribution is 7.89. The van der Waals surface area contributed by atoms with E-state index >= 15 is 0 Å². The number of rotatable bonds is 6. The topological polar surface area (TPSA) is 64.0 Å². The molecular weight excluding hydrogens is 298 g/mol. The maximum atomic E-state index is 12.8. The van der Waals surface area contributed by atoms with Crippen LogP contribution >= 0.6 is 0 Å². The van der Waals surface area contributed by atoms with E-state index in [1.165, 1.54) is 0 Å². The molecular formula is C16H23N3O2S. The van der Waals surface area contributed by atoms with Crippen LogP contribution in [0.25, 0.3) is 0 Å². The summed E-state index contributed by atoms with van der Waals surface area (Å²) in [5.41, 5.74) is 2.18. The second-order valence-corrected chi connectivity index (χ2v) is 6.96. The van der Waals surface area contributed by atoms with Crippen molar-refractivity contribution in [3.05, 3.63) is 47.3 Å². The SMILES string of the molecule is CCC(NS(=O)(=O)c1c(C)nn(CC)c1C)c1ccccc1. The first-order valence-corrected chi connectivity index (χ1v) is 9.00. The van der Waals surface area contributed by atoms with E-state index in [1.807, 2.05) is 44.2 Å². The Kier molecular flexibility index (Phi) is 5.03. The second-order valence-electron chi connectivity index (χ2n) is 5.31. The van der Waals surface area contributed by atoms with Gasteiger partial charge in [0.1, 0.15) is 4.90 Å². The van der Waals surface area contributed by atoms with E-state index in [1.54, 1.807) is 18.5 Å². The molecule has 0 saturated carbocycles. The summed E-state index contributed by atoms with van der Waals surface area (Å²) in [6.45, 7) is 8.09. The van der Waals surface area contributed by atoms with Crippen LogP contribution in [0, 0.1) is 13.8 Å². The van der Waals surface area contributed by atoms with E-state index in [0.717, 1.165) is 5.56 Å². The van der Waals surface area contributed by atoms with Crippen LogP contribution in [0.15, 0.2) is 35.2 Å². The van der Waals surface area contributed by atoms with Gasteiger partial charge in [-0.1, -0.05) is 37.3 Å². The number of sulfonamides is 1. The molecule has 120 valence electrons. The predicted octanol–water partition coefficient (Wildman–Crippen LogP) is 2.95. The summed E-state index contributed by atoms with van der Waals surface area (Å²) in [6.07, 6.45) is 0.684. The summed E-state index contributed by atoms with van der Waals surface area (Å²) in [4.78, 5) is 0.295. The highest BCUT2D eigenvalue weighted by Crippen LogP contribution is 2.24. The van der Waals surface area contributed by atoms with Crippen LogP contribution in [-0.2, 0) is 16.6 Å². The van der Waals surface area contributed by atoms with Gasteiger partial charge in [0.15, 0.2) is 0 Å². The normalized spacial score (nSPS) is 13.3. The third kappa shape index (κ3) is 3.23. The Hall–Kier alpha value is -1.66. The Bertz CT molecular complexity index is 736. The third-order valence-electron chi connectivity index (χ3n) is 3.79. The molecule has 1 aromatic heterocycles. The van der Waals surface area contributed by atoms with Crippen molar-refractivity contribution in [2.75, 3.05) is 0 Å². The molecule has 1 N–H and O–H groups in total. The number of hydrogen-bond acceptors (Lipinski definition) is 3. The minimum Gasteiger partial charge on any atom is -0.268 e. The number of aromatic nitrogens is 2. The van der Waals surface area contributed by atoms with Gasteiger partial charge >= 0.3 is 0 Å². The Balaban J connectivity index is 2.37. The Morgan fingerprint density at radius 1 is 1.18 bits per heavy atom. The molecule has 6 heteroatoms. The summed E-state index contributed by atoms with van der Waals surface area (Å²) in [5.74, 6) is 0. The van der Waals surface area contributed by atoms with E-state index in [4.69, 9.17) is 0 Å². The minimum atomic E-state index is -3.60. The molecule has 0 saturated heterocycles. The van der Waals surface area contributed by atoms with Crippen LogP contribution in [0.3, 0.4) is 0 Å². The molecule has 2 aromatic rings. The molecule has 1 aromatic carbocycles. The Morgan fingerprint density at radius 3 is 2.32 bits per heavy atom. The fraction of sp³-hybridized carbons (Fsp3) is 0.438. The quantitative estimate of drug-likeness (QED) is 0.889. The van der Waals surface area contributed by atoms with Crippen LogP contribution in [0.2, 0.25) is 0 Å². The number of hydrogen-bond donors (Lipinski definition) is 1. The van der Waals surface area contributed by atoms with Crippen molar-refractivity contribution >= 4 is 10.0 Å². The highest BCUT2D eigenvalue weighted by atomic mass is 32.2. The zero-order valence-corrected chi connectivity index (χ0v) is 14.3. The van der Waals surface area contributed by atoms with Crippen LogP contribution in [0.4, 0.5) is 0 Å². The largest absolute Gasteiger partial charge is 0.268 e. The van der Waals surface area contributed by atoms with Gasteiger partial charge in [-0.15, -0.1) is 0 Å². The molecule has 5 nitrogen and oxygen atoms in total. The van der Waals surface area contributed by atoms with E-state index in [-0.39, 0.29) is 6.04 Å². The zero-order valence-electron chi connectivity index (χ0n) is 13.5. The Labute approximate surface area is 132 Å². The van der Waals surface area contributed by atoms with E-state index in [2.05, 4.69) is 9.82 Å². The second kappa shape index (κ2) is 6.62. The first kappa shape index (κ1) is 16.7. The molecule has 1 heterocycles. The molecule has 0 bridgehead atoms. The zero-order chi connectivity index (χ0) is 16.3. The molecule has 0 radical (unpaired) electrons. The van der Waals surface area contributed by atoms with Crippen molar-refractivity contribution in [3.8, 4) is 0 Å². The monoisotopic (exact) mass is 321 g/mol. The summed E-state index contributed by atoms with van der Waals surface area (Å²) in [5, 5.41) is 4.30. The maximum Gasteiger partial charge on any atom is 0.244 e. The molecule has 0 aliphatic rings. The first-order chi connectivity index (χ1) is 10.4. The van der Waals surface area contributed by atoms with Crippen molar-refractivity contribution in [3.63, 3.8) is 0 Å². The van der Waals surface area contributed by atoms with Gasteiger partial charge < -0.3 is 0 Å². The van der Waals surface area contributed by atoms with Crippen LogP contribution in [-0.4, -0.2) is 18.2 Å². The molecule has 2 rings (SSSR count). The number of nitrogens with one attached hydrogen (secondary N) is 1. The van der Waals surface area contributed by atoms with Gasteiger partial charge in [-0.25, -0.2) is 13.1 Å². The van der Waals surface area contributed by atoms with Gasteiger partial charge in [0.25, 0.3) is 0 Å². The van der Waals surface area contributed by atoms with Crippen molar-refractivity contribution in [2.45, 2.75) is 51.6 Å². The van der Waals surface area contributed by atoms with Gasteiger partial charge in [0.2, 0.25) is 10.0 Å². The van der Waals surface area contributed by atoms with Gasteiger partial charge in [0.05, 0.1) is 11.4 Å². The molecule has 0 aliphatic carbocycles. The lowest BCUT2D eigenvalue weighted by Crippen LogP contribution is -2.29. The summed E-state index contributed by atoms with van der Waals surface area (Å²) < 4.78 is 30.1. The van der Waals surface area contributed by atoms with Crippen LogP contribution in [0.1, 0.15) is 43.3 Å². The lowest BCUT2D eigenvalue weighted by atomic mass is 10.1. The van der Waals surface area contributed by atoms with Crippen molar-refractivity contribution < 1.29 is 8.42 Å². The average Bonchev–Trinajstić information content (AvgIpc) is 2.80. The number of benzene rings is 1.